The second-order valence-corrected chi connectivity index (χ2v) is 5.47. The molecular weight excluding hydrogens is 264 g/mol. The summed E-state index contributed by atoms with van der Waals surface area (Å²) in [7, 11) is 0. The van der Waals surface area contributed by atoms with Crippen LogP contribution in [-0.4, -0.2) is 29.2 Å². The summed E-state index contributed by atoms with van der Waals surface area (Å²) in [6, 6.07) is 0. The molecule has 0 radical (unpaired) electrons. The van der Waals surface area contributed by atoms with Crippen molar-refractivity contribution in [3.8, 4) is 0 Å². The normalized spacial score (nSPS) is 13.0. The summed E-state index contributed by atoms with van der Waals surface area (Å²) in [6.45, 7) is 8.07. The Labute approximate surface area is 121 Å². The van der Waals surface area contributed by atoms with Crippen LogP contribution in [0, 0.1) is 27.7 Å². The lowest BCUT2D eigenvalue weighted by molar-refractivity contribution is 0.907. The number of nitrogens with zero attached hydrogens (tertiary/aromatic N) is 5. The third kappa shape index (κ3) is 1.55. The number of nitrogens with one attached hydrogen (secondary N) is 1. The van der Waals surface area contributed by atoms with Crippen molar-refractivity contribution in [3.05, 3.63) is 46.0 Å². The Kier molecular flexibility index (Phi) is 2.28. The van der Waals surface area contributed by atoms with E-state index in [1.807, 2.05) is 49.1 Å². The summed E-state index contributed by atoms with van der Waals surface area (Å²) in [5.41, 5.74) is 7.09. The van der Waals surface area contributed by atoms with Gasteiger partial charge in [0.05, 0.1) is 29.0 Å². The lowest BCUT2D eigenvalue weighted by Crippen LogP contribution is -2.03. The van der Waals surface area contributed by atoms with E-state index in [4.69, 9.17) is 0 Å². The van der Waals surface area contributed by atoms with E-state index in [0.29, 0.717) is 0 Å². The SMILES string of the molecule is Cc1nn2c(C)c[nH]c2c1/C=c1/c(C)nn2c(C)cnc12. The molecule has 0 saturated heterocycles. The average Bonchev–Trinajstić information content (AvgIpc) is 3.13. The highest BCUT2D eigenvalue weighted by molar-refractivity contribution is 5.70. The van der Waals surface area contributed by atoms with Crippen molar-refractivity contribution < 1.29 is 0 Å². The van der Waals surface area contributed by atoms with Gasteiger partial charge in [0.25, 0.3) is 0 Å². The van der Waals surface area contributed by atoms with Gasteiger partial charge in [-0.1, -0.05) is 0 Å². The van der Waals surface area contributed by atoms with Crippen molar-refractivity contribution in [2.45, 2.75) is 27.7 Å². The van der Waals surface area contributed by atoms with Crippen LogP contribution in [0.3, 0.4) is 0 Å². The minimum atomic E-state index is 0.895. The van der Waals surface area contributed by atoms with E-state index in [1.54, 1.807) is 0 Å². The first-order chi connectivity index (χ1) is 10.1. The van der Waals surface area contributed by atoms with Gasteiger partial charge < -0.3 is 4.98 Å². The van der Waals surface area contributed by atoms with Gasteiger partial charge in [-0.25, -0.2) is 14.0 Å². The topological polar surface area (TPSA) is 63.3 Å². The molecular formula is C15H16N6. The second-order valence-electron chi connectivity index (χ2n) is 5.47. The van der Waals surface area contributed by atoms with E-state index in [2.05, 4.69) is 26.2 Å². The van der Waals surface area contributed by atoms with Gasteiger partial charge in [-0.3, -0.25) is 0 Å². The number of hydrogen-bond acceptors (Lipinski definition) is 3. The predicted octanol–water partition coefficient (Wildman–Crippen LogP) is 1.49. The highest BCUT2D eigenvalue weighted by Crippen LogP contribution is 2.16. The van der Waals surface area contributed by atoms with Gasteiger partial charge in [0.2, 0.25) is 0 Å². The minimum absolute atomic E-state index is 0.895. The summed E-state index contributed by atoms with van der Waals surface area (Å²) in [5, 5.41) is 10.2. The number of fused-ring (bicyclic) bond motifs is 2. The first kappa shape index (κ1) is 12.1. The standard InChI is InChI=1S/C15H16N6/c1-8-6-16-14-12(10(3)18-20(8)14)5-13-11(4)19-21-9(2)7-17-15(13)21/h5-7,16H,1-4H3/b13-5-. The largest absolute Gasteiger partial charge is 0.344 e. The molecule has 0 aliphatic carbocycles. The molecule has 4 aromatic heterocycles. The van der Waals surface area contributed by atoms with Crippen LogP contribution in [0.4, 0.5) is 0 Å². The molecule has 0 aromatic carbocycles. The van der Waals surface area contributed by atoms with Crippen molar-refractivity contribution in [1.29, 1.82) is 0 Å². The Morgan fingerprint density at radius 3 is 2.57 bits per heavy atom. The lowest BCUT2D eigenvalue weighted by Gasteiger charge is -1.89. The quantitative estimate of drug-likeness (QED) is 0.574. The Hall–Kier alpha value is -2.63. The molecule has 1 N–H and O–H groups in total. The number of aryl methyl sites for hydroxylation is 4. The van der Waals surface area contributed by atoms with Crippen LogP contribution in [0.2, 0.25) is 0 Å². The molecule has 0 saturated carbocycles. The Balaban J connectivity index is 2.08. The molecule has 0 unspecified atom stereocenters. The number of imidazole rings is 2. The van der Waals surface area contributed by atoms with E-state index in [1.165, 1.54) is 0 Å². The van der Waals surface area contributed by atoms with Crippen LogP contribution in [0.25, 0.3) is 17.4 Å². The molecule has 0 aliphatic rings. The molecule has 106 valence electrons. The monoisotopic (exact) mass is 280 g/mol. The molecule has 0 aliphatic heterocycles. The first-order valence-electron chi connectivity index (χ1n) is 6.92. The van der Waals surface area contributed by atoms with Gasteiger partial charge in [0.15, 0.2) is 5.65 Å². The van der Waals surface area contributed by atoms with Gasteiger partial charge in [-0.15, -0.1) is 0 Å². The third-order valence-electron chi connectivity index (χ3n) is 3.94. The van der Waals surface area contributed by atoms with Crippen molar-refractivity contribution in [2.24, 2.45) is 0 Å². The van der Waals surface area contributed by atoms with Crippen LogP contribution >= 0.6 is 0 Å². The summed E-state index contributed by atoms with van der Waals surface area (Å²) < 4.78 is 3.82. The van der Waals surface area contributed by atoms with Crippen LogP contribution in [-0.2, 0) is 0 Å². The van der Waals surface area contributed by atoms with Gasteiger partial charge in [-0.05, 0) is 33.8 Å². The Bertz CT molecular complexity index is 1030. The summed E-state index contributed by atoms with van der Waals surface area (Å²) in [5.74, 6) is 0. The zero-order valence-electron chi connectivity index (χ0n) is 12.5. The Morgan fingerprint density at radius 2 is 1.76 bits per heavy atom. The minimum Gasteiger partial charge on any atom is -0.344 e. The fourth-order valence-electron chi connectivity index (χ4n) is 2.76. The van der Waals surface area contributed by atoms with E-state index in [9.17, 15) is 0 Å². The molecule has 0 fully saturated rings. The maximum atomic E-state index is 4.57. The molecule has 4 rings (SSSR count). The number of aromatic amines is 1. The van der Waals surface area contributed by atoms with Crippen molar-refractivity contribution in [1.82, 2.24) is 29.2 Å². The Morgan fingerprint density at radius 1 is 1.00 bits per heavy atom. The zero-order valence-corrected chi connectivity index (χ0v) is 12.5. The molecule has 4 heterocycles. The molecule has 0 amide bonds. The van der Waals surface area contributed by atoms with Gasteiger partial charge >= 0.3 is 0 Å². The third-order valence-corrected chi connectivity index (χ3v) is 3.94. The summed E-state index contributed by atoms with van der Waals surface area (Å²) in [6.07, 6.45) is 5.93. The highest BCUT2D eigenvalue weighted by atomic mass is 15.3. The number of hydrogen-bond donors (Lipinski definition) is 1. The van der Waals surface area contributed by atoms with E-state index >= 15 is 0 Å². The van der Waals surface area contributed by atoms with E-state index < -0.39 is 0 Å². The van der Waals surface area contributed by atoms with Crippen LogP contribution < -0.4 is 5.22 Å². The van der Waals surface area contributed by atoms with E-state index in [0.717, 1.165) is 44.9 Å². The molecule has 6 heteroatoms. The second kappa shape index (κ2) is 3.94. The highest BCUT2D eigenvalue weighted by Gasteiger charge is 2.13. The molecule has 0 atom stereocenters. The summed E-state index contributed by atoms with van der Waals surface area (Å²) >= 11 is 0. The zero-order chi connectivity index (χ0) is 14.7. The first-order valence-corrected chi connectivity index (χ1v) is 6.92. The maximum absolute atomic E-state index is 4.57. The number of aromatic nitrogens is 6. The molecule has 6 nitrogen and oxygen atoms in total. The lowest BCUT2D eigenvalue weighted by atomic mass is 10.2. The van der Waals surface area contributed by atoms with Crippen LogP contribution in [0.1, 0.15) is 28.3 Å². The smallest absolute Gasteiger partial charge is 0.162 e. The van der Waals surface area contributed by atoms with Gasteiger partial charge in [0.1, 0.15) is 5.65 Å². The van der Waals surface area contributed by atoms with Crippen molar-refractivity contribution >= 4 is 17.4 Å². The molecule has 0 spiro atoms. The van der Waals surface area contributed by atoms with Crippen LogP contribution in [0.15, 0.2) is 12.4 Å². The number of H-pyrrole nitrogens is 1. The van der Waals surface area contributed by atoms with Crippen molar-refractivity contribution in [3.63, 3.8) is 0 Å². The molecule has 21 heavy (non-hydrogen) atoms. The van der Waals surface area contributed by atoms with Gasteiger partial charge in [0, 0.05) is 17.0 Å². The predicted molar refractivity (Wildman–Crippen MR) is 80.3 cm³/mol. The van der Waals surface area contributed by atoms with Gasteiger partial charge in [-0.2, -0.15) is 10.2 Å². The van der Waals surface area contributed by atoms with Crippen LogP contribution in [0.5, 0.6) is 0 Å². The summed E-state index contributed by atoms with van der Waals surface area (Å²) in [4.78, 5) is 7.75. The van der Waals surface area contributed by atoms with E-state index in [-0.39, 0.29) is 0 Å². The molecule has 0 bridgehead atoms. The fourth-order valence-corrected chi connectivity index (χ4v) is 2.76. The molecule has 4 aromatic rings. The van der Waals surface area contributed by atoms with Crippen molar-refractivity contribution in [2.75, 3.05) is 0 Å². The number of rotatable bonds is 1. The maximum Gasteiger partial charge on any atom is 0.162 e. The average molecular weight is 280 g/mol. The fraction of sp³-hybridized carbons (Fsp3) is 0.267.